The fourth-order valence-electron chi connectivity index (χ4n) is 3.46. The summed E-state index contributed by atoms with van der Waals surface area (Å²) in [7, 11) is -1.85. The van der Waals surface area contributed by atoms with Crippen molar-refractivity contribution in [1.29, 1.82) is 0 Å². The maximum absolute atomic E-state index is 13.4. The molecule has 8 heteroatoms. The molecule has 0 spiro atoms. The molecule has 1 fully saturated rings. The van der Waals surface area contributed by atoms with E-state index in [4.69, 9.17) is 0 Å². The van der Waals surface area contributed by atoms with E-state index in [2.05, 4.69) is 15.2 Å². The Kier molecular flexibility index (Phi) is 4.01. The van der Waals surface area contributed by atoms with Crippen LogP contribution in [0.25, 0.3) is 10.9 Å². The van der Waals surface area contributed by atoms with Gasteiger partial charge in [-0.2, -0.15) is 4.31 Å². The smallest absolute Gasteiger partial charge is 0.245 e. The molecule has 1 saturated heterocycles. The Bertz CT molecular complexity index is 1010. The molecule has 1 aliphatic heterocycles. The lowest BCUT2D eigenvalue weighted by Crippen LogP contribution is -2.39. The molecule has 0 unspecified atom stereocenters. The number of aromatic nitrogens is 4. The van der Waals surface area contributed by atoms with Crippen LogP contribution in [0.2, 0.25) is 0 Å². The molecule has 0 radical (unpaired) electrons. The van der Waals surface area contributed by atoms with Gasteiger partial charge in [0, 0.05) is 25.2 Å². The zero-order valence-electron chi connectivity index (χ0n) is 13.9. The summed E-state index contributed by atoms with van der Waals surface area (Å²) in [4.78, 5) is 4.56. The first-order valence-electron chi connectivity index (χ1n) is 8.28. The van der Waals surface area contributed by atoms with Gasteiger partial charge in [-0.15, -0.1) is 10.2 Å². The molecule has 0 saturated carbocycles. The van der Waals surface area contributed by atoms with Crippen molar-refractivity contribution < 1.29 is 8.42 Å². The van der Waals surface area contributed by atoms with Crippen molar-refractivity contribution in [2.75, 3.05) is 6.54 Å². The first-order valence-corrected chi connectivity index (χ1v) is 9.72. The highest BCUT2D eigenvalue weighted by Crippen LogP contribution is 2.35. The third-order valence-electron chi connectivity index (χ3n) is 4.68. The van der Waals surface area contributed by atoms with Crippen molar-refractivity contribution >= 4 is 20.9 Å². The van der Waals surface area contributed by atoms with Gasteiger partial charge >= 0.3 is 0 Å². The molecule has 130 valence electrons. The van der Waals surface area contributed by atoms with Gasteiger partial charge in [0.05, 0.1) is 11.6 Å². The highest BCUT2D eigenvalue weighted by Gasteiger charge is 2.37. The van der Waals surface area contributed by atoms with Crippen molar-refractivity contribution in [3.05, 3.63) is 48.7 Å². The van der Waals surface area contributed by atoms with Crippen LogP contribution in [-0.2, 0) is 17.1 Å². The lowest BCUT2D eigenvalue weighted by Gasteiger charge is -2.33. The minimum Gasteiger partial charge on any atom is -0.319 e. The second-order valence-corrected chi connectivity index (χ2v) is 8.12. The summed E-state index contributed by atoms with van der Waals surface area (Å²) in [6, 6.07) is 8.65. The molecule has 1 atom stereocenters. The van der Waals surface area contributed by atoms with Crippen LogP contribution in [0.15, 0.2) is 47.8 Å². The Morgan fingerprint density at radius 1 is 1.16 bits per heavy atom. The summed E-state index contributed by atoms with van der Waals surface area (Å²) >= 11 is 0. The van der Waals surface area contributed by atoms with Gasteiger partial charge in [0.1, 0.15) is 11.2 Å². The van der Waals surface area contributed by atoms with Gasteiger partial charge in [0.2, 0.25) is 10.0 Å². The van der Waals surface area contributed by atoms with Gasteiger partial charge in [-0.1, -0.05) is 24.6 Å². The highest BCUT2D eigenvalue weighted by molar-refractivity contribution is 7.89. The van der Waals surface area contributed by atoms with Crippen LogP contribution in [-0.4, -0.2) is 39.0 Å². The molecule has 2 aromatic heterocycles. The van der Waals surface area contributed by atoms with E-state index in [1.807, 2.05) is 25.2 Å². The number of rotatable bonds is 3. The number of fused-ring (bicyclic) bond motifs is 1. The predicted molar refractivity (Wildman–Crippen MR) is 93.2 cm³/mol. The maximum atomic E-state index is 13.4. The van der Waals surface area contributed by atoms with Crippen LogP contribution < -0.4 is 0 Å². The van der Waals surface area contributed by atoms with E-state index < -0.39 is 10.0 Å². The molecule has 1 aliphatic rings. The minimum absolute atomic E-state index is 0.250. The lowest BCUT2D eigenvalue weighted by molar-refractivity contribution is 0.242. The summed E-state index contributed by atoms with van der Waals surface area (Å²) < 4.78 is 30.2. The maximum Gasteiger partial charge on any atom is 0.245 e. The largest absolute Gasteiger partial charge is 0.319 e. The van der Waals surface area contributed by atoms with Gasteiger partial charge in [-0.25, -0.2) is 8.42 Å². The number of pyridine rings is 1. The number of para-hydroxylation sites is 1. The SMILES string of the molecule is Cn1cnnc1[C@@H]1CCCCN1S(=O)(=O)c1cccc2cccnc12. The molecule has 7 nitrogen and oxygen atoms in total. The number of benzene rings is 1. The molecule has 25 heavy (non-hydrogen) atoms. The van der Waals surface area contributed by atoms with Gasteiger partial charge in [-0.05, 0) is 25.0 Å². The standard InChI is InChI=1S/C17H19N5O2S/c1-21-12-19-20-17(21)14-8-2-3-11-22(14)25(23,24)15-9-4-6-13-7-5-10-18-16(13)15/h4-7,9-10,12,14H,2-3,8,11H2,1H3/t14-/m0/s1. The fraction of sp³-hybridized carbons (Fsp3) is 0.353. The molecule has 3 heterocycles. The van der Waals surface area contributed by atoms with Crippen molar-refractivity contribution in [1.82, 2.24) is 24.1 Å². The number of sulfonamides is 1. The van der Waals surface area contributed by atoms with E-state index in [-0.39, 0.29) is 10.9 Å². The number of aryl methyl sites for hydroxylation is 1. The van der Waals surface area contributed by atoms with Crippen molar-refractivity contribution in [2.45, 2.75) is 30.2 Å². The zero-order chi connectivity index (χ0) is 17.4. The Hall–Kier alpha value is -2.32. The van der Waals surface area contributed by atoms with E-state index in [0.29, 0.717) is 17.9 Å². The first-order chi connectivity index (χ1) is 12.1. The van der Waals surface area contributed by atoms with Crippen LogP contribution in [0.3, 0.4) is 0 Å². The molecule has 0 N–H and O–H groups in total. The third-order valence-corrected chi connectivity index (χ3v) is 6.62. The van der Waals surface area contributed by atoms with Crippen LogP contribution in [0.4, 0.5) is 0 Å². The molecule has 0 aliphatic carbocycles. The zero-order valence-corrected chi connectivity index (χ0v) is 14.7. The fourth-order valence-corrected chi connectivity index (χ4v) is 5.28. The molecular formula is C17H19N5O2S. The van der Waals surface area contributed by atoms with Crippen LogP contribution in [0, 0.1) is 0 Å². The molecule has 3 aromatic rings. The van der Waals surface area contributed by atoms with E-state index in [9.17, 15) is 8.42 Å². The normalized spacial score (nSPS) is 19.3. The van der Waals surface area contributed by atoms with Gasteiger partial charge in [0.25, 0.3) is 0 Å². The van der Waals surface area contributed by atoms with E-state index in [0.717, 1.165) is 24.6 Å². The molecule has 0 bridgehead atoms. The lowest BCUT2D eigenvalue weighted by atomic mass is 10.0. The quantitative estimate of drug-likeness (QED) is 0.718. The monoisotopic (exact) mass is 357 g/mol. The average molecular weight is 357 g/mol. The van der Waals surface area contributed by atoms with Crippen LogP contribution in [0.5, 0.6) is 0 Å². The summed E-state index contributed by atoms with van der Waals surface area (Å²) in [6.07, 6.45) is 5.78. The minimum atomic E-state index is -3.69. The summed E-state index contributed by atoms with van der Waals surface area (Å²) in [5.74, 6) is 0.677. The molecule has 4 rings (SSSR count). The predicted octanol–water partition coefficient (Wildman–Crippen LogP) is 2.28. The van der Waals surface area contributed by atoms with Gasteiger partial charge in [-0.3, -0.25) is 4.98 Å². The van der Waals surface area contributed by atoms with Crippen molar-refractivity contribution in [3.63, 3.8) is 0 Å². The Morgan fingerprint density at radius 3 is 2.80 bits per heavy atom. The number of hydrogen-bond acceptors (Lipinski definition) is 5. The van der Waals surface area contributed by atoms with Crippen LogP contribution >= 0.6 is 0 Å². The summed E-state index contributed by atoms with van der Waals surface area (Å²) in [5.41, 5.74) is 0.507. The first kappa shape index (κ1) is 16.2. The molecular weight excluding hydrogens is 338 g/mol. The number of nitrogens with zero attached hydrogens (tertiary/aromatic N) is 5. The average Bonchev–Trinajstić information content (AvgIpc) is 3.07. The second kappa shape index (κ2) is 6.20. The summed E-state index contributed by atoms with van der Waals surface area (Å²) in [6.45, 7) is 0.475. The second-order valence-electron chi connectivity index (χ2n) is 6.26. The third kappa shape index (κ3) is 2.71. The van der Waals surface area contributed by atoms with E-state index >= 15 is 0 Å². The Morgan fingerprint density at radius 2 is 2.00 bits per heavy atom. The Labute approximate surface area is 146 Å². The van der Waals surface area contributed by atoms with Crippen molar-refractivity contribution in [3.8, 4) is 0 Å². The van der Waals surface area contributed by atoms with Crippen molar-refractivity contribution in [2.24, 2.45) is 7.05 Å². The molecule has 0 amide bonds. The number of piperidine rings is 1. The van der Waals surface area contributed by atoms with Crippen LogP contribution in [0.1, 0.15) is 31.1 Å². The molecule has 1 aromatic carbocycles. The summed E-state index contributed by atoms with van der Waals surface area (Å²) in [5, 5.41) is 8.88. The highest BCUT2D eigenvalue weighted by atomic mass is 32.2. The van der Waals surface area contributed by atoms with Gasteiger partial charge in [0.15, 0.2) is 5.82 Å². The van der Waals surface area contributed by atoms with Gasteiger partial charge < -0.3 is 4.57 Å². The van der Waals surface area contributed by atoms with E-state index in [1.54, 1.807) is 33.5 Å². The Balaban J connectivity index is 1.84. The topological polar surface area (TPSA) is 81.0 Å². The number of hydrogen-bond donors (Lipinski definition) is 0. The van der Waals surface area contributed by atoms with E-state index in [1.165, 1.54) is 0 Å².